The standard InChI is InChI=1S/C31H51N3O5/c1-16(2)22-11-9-18(5)13-25(22)38-29(35)27-20(7)15-24(33-34-31(32)37)28(21(27)8)30(36)39-26-14-19(6)10-12-23(26)17(3)4/h15-19,21-23,25-28H,9-14H2,1-8H3,(H3,32,34,37). The zero-order valence-corrected chi connectivity index (χ0v) is 25.2. The van der Waals surface area contributed by atoms with Crippen molar-refractivity contribution in [2.45, 2.75) is 106 Å². The highest BCUT2D eigenvalue weighted by atomic mass is 16.5. The molecule has 3 aliphatic carbocycles. The van der Waals surface area contributed by atoms with E-state index in [0.717, 1.165) is 44.1 Å². The smallest absolute Gasteiger partial charge is 0.332 e. The molecule has 2 amide bonds. The van der Waals surface area contributed by atoms with Crippen LogP contribution >= 0.6 is 0 Å². The normalized spacial score (nSPS) is 36.4. The molecule has 9 unspecified atom stereocenters. The van der Waals surface area contributed by atoms with Crippen LogP contribution in [0, 0.1) is 53.3 Å². The van der Waals surface area contributed by atoms with Crippen LogP contribution in [-0.2, 0) is 19.1 Å². The van der Waals surface area contributed by atoms with Crippen molar-refractivity contribution < 1.29 is 23.9 Å². The van der Waals surface area contributed by atoms with Crippen LogP contribution in [0.15, 0.2) is 16.8 Å². The maximum absolute atomic E-state index is 13.8. The number of carbonyl (C=O) groups is 3. The van der Waals surface area contributed by atoms with Crippen molar-refractivity contribution in [2.75, 3.05) is 0 Å². The van der Waals surface area contributed by atoms with Gasteiger partial charge in [0.1, 0.15) is 18.1 Å². The minimum absolute atomic E-state index is 0.131. The van der Waals surface area contributed by atoms with E-state index in [0.29, 0.717) is 35.3 Å². The SMILES string of the molecule is CC1=CC(=NNC(N)=O)C(C(=O)OC2CC(C)CCC2C(C)C)C(C)C1C(=O)OC1CC(C)CCC1C(C)C. The summed E-state index contributed by atoms with van der Waals surface area (Å²) in [7, 11) is 0. The number of rotatable bonds is 7. The summed E-state index contributed by atoms with van der Waals surface area (Å²) >= 11 is 0. The molecule has 3 N–H and O–H groups in total. The Bertz CT molecular complexity index is 958. The van der Waals surface area contributed by atoms with Crippen LogP contribution in [0.2, 0.25) is 0 Å². The highest BCUT2D eigenvalue weighted by Crippen LogP contribution is 2.41. The Morgan fingerprint density at radius 2 is 1.31 bits per heavy atom. The number of hydrazone groups is 1. The van der Waals surface area contributed by atoms with E-state index in [4.69, 9.17) is 15.2 Å². The lowest BCUT2D eigenvalue weighted by Crippen LogP contribution is -2.46. The zero-order valence-electron chi connectivity index (χ0n) is 25.2. The average molecular weight is 546 g/mol. The van der Waals surface area contributed by atoms with Gasteiger partial charge in [0.05, 0.1) is 11.6 Å². The summed E-state index contributed by atoms with van der Waals surface area (Å²) in [6.45, 7) is 16.8. The van der Waals surface area contributed by atoms with E-state index >= 15 is 0 Å². The molecule has 0 spiro atoms. The highest BCUT2D eigenvalue weighted by Gasteiger charge is 2.46. The van der Waals surface area contributed by atoms with Crippen LogP contribution in [0.1, 0.15) is 93.9 Å². The summed E-state index contributed by atoms with van der Waals surface area (Å²) in [5, 5.41) is 4.17. The van der Waals surface area contributed by atoms with Crippen LogP contribution in [-0.4, -0.2) is 35.9 Å². The predicted octanol–water partition coefficient (Wildman–Crippen LogP) is 5.85. The maximum atomic E-state index is 13.8. The van der Waals surface area contributed by atoms with Gasteiger partial charge in [-0.3, -0.25) is 9.59 Å². The molecule has 39 heavy (non-hydrogen) atoms. The van der Waals surface area contributed by atoms with Gasteiger partial charge in [0.2, 0.25) is 0 Å². The second-order valence-electron chi connectivity index (χ2n) is 13.3. The van der Waals surface area contributed by atoms with Crippen LogP contribution < -0.4 is 11.2 Å². The molecule has 0 aromatic rings. The van der Waals surface area contributed by atoms with Crippen molar-refractivity contribution in [3.63, 3.8) is 0 Å². The molecule has 0 radical (unpaired) electrons. The van der Waals surface area contributed by atoms with E-state index in [9.17, 15) is 14.4 Å². The first-order valence-corrected chi connectivity index (χ1v) is 15.0. The summed E-state index contributed by atoms with van der Waals surface area (Å²) in [6, 6.07) is -0.818. The molecule has 8 heteroatoms. The fourth-order valence-corrected chi connectivity index (χ4v) is 7.19. The van der Waals surface area contributed by atoms with Gasteiger partial charge in [-0.25, -0.2) is 10.2 Å². The van der Waals surface area contributed by atoms with Gasteiger partial charge in [0, 0.05) is 0 Å². The lowest BCUT2D eigenvalue weighted by atomic mass is 9.71. The Hall–Kier alpha value is -2.38. The van der Waals surface area contributed by atoms with Gasteiger partial charge in [-0.1, -0.05) is 66.9 Å². The molecule has 9 atom stereocenters. The molecule has 0 bridgehead atoms. The molecule has 0 aliphatic heterocycles. The number of nitrogens with zero attached hydrogens (tertiary/aromatic N) is 1. The predicted molar refractivity (Wildman–Crippen MR) is 153 cm³/mol. The van der Waals surface area contributed by atoms with Crippen molar-refractivity contribution in [3.8, 4) is 0 Å². The Morgan fingerprint density at radius 1 is 0.846 bits per heavy atom. The molecule has 3 rings (SSSR count). The monoisotopic (exact) mass is 545 g/mol. The Morgan fingerprint density at radius 3 is 1.74 bits per heavy atom. The van der Waals surface area contributed by atoms with E-state index < -0.39 is 29.8 Å². The van der Waals surface area contributed by atoms with Crippen LogP contribution in [0.4, 0.5) is 4.79 Å². The van der Waals surface area contributed by atoms with Gasteiger partial charge in [0.15, 0.2) is 0 Å². The molecule has 0 aromatic carbocycles. The van der Waals surface area contributed by atoms with Crippen molar-refractivity contribution >= 4 is 23.7 Å². The number of primary amides is 1. The third-order valence-corrected chi connectivity index (χ3v) is 9.50. The topological polar surface area (TPSA) is 120 Å². The largest absolute Gasteiger partial charge is 0.462 e. The third kappa shape index (κ3) is 7.63. The summed E-state index contributed by atoms with van der Waals surface area (Å²) < 4.78 is 12.4. The lowest BCUT2D eigenvalue weighted by molar-refractivity contribution is -0.165. The summed E-state index contributed by atoms with van der Waals surface area (Å²) in [6.07, 6.45) is 7.40. The Kier molecular flexibility index (Phi) is 10.6. The number of carbonyl (C=O) groups excluding carboxylic acids is 3. The number of hydrogen-bond donors (Lipinski definition) is 2. The number of esters is 2. The zero-order chi connectivity index (χ0) is 29.0. The second-order valence-corrected chi connectivity index (χ2v) is 13.3. The number of hydrogen-bond acceptors (Lipinski definition) is 6. The summed E-state index contributed by atoms with van der Waals surface area (Å²) in [5.41, 5.74) is 8.65. The number of allylic oxidation sites excluding steroid dienone is 1. The van der Waals surface area contributed by atoms with Crippen LogP contribution in [0.3, 0.4) is 0 Å². The number of ether oxygens (including phenoxy) is 2. The first-order valence-electron chi connectivity index (χ1n) is 15.0. The molecular weight excluding hydrogens is 494 g/mol. The van der Waals surface area contributed by atoms with E-state index in [1.165, 1.54) is 0 Å². The molecule has 3 aliphatic rings. The average Bonchev–Trinajstić information content (AvgIpc) is 2.82. The van der Waals surface area contributed by atoms with E-state index in [-0.39, 0.29) is 24.1 Å². The number of nitrogens with two attached hydrogens (primary N) is 1. The Balaban J connectivity index is 1.88. The van der Waals surface area contributed by atoms with Gasteiger partial charge in [-0.2, -0.15) is 5.10 Å². The lowest BCUT2D eigenvalue weighted by Gasteiger charge is -2.40. The van der Waals surface area contributed by atoms with Gasteiger partial charge < -0.3 is 15.2 Å². The molecular formula is C31H51N3O5. The van der Waals surface area contributed by atoms with Crippen molar-refractivity contribution in [2.24, 2.45) is 64.1 Å². The molecule has 8 nitrogen and oxygen atoms in total. The van der Waals surface area contributed by atoms with Gasteiger partial charge in [0.25, 0.3) is 0 Å². The fraction of sp³-hybridized carbons (Fsp3) is 0.806. The highest BCUT2D eigenvalue weighted by molar-refractivity contribution is 6.11. The molecule has 2 saturated carbocycles. The first kappa shape index (κ1) is 31.2. The minimum Gasteiger partial charge on any atom is -0.462 e. The molecule has 0 saturated heterocycles. The molecule has 0 heterocycles. The van der Waals surface area contributed by atoms with Gasteiger partial charge in [-0.15, -0.1) is 0 Å². The van der Waals surface area contributed by atoms with Crippen LogP contribution in [0.5, 0.6) is 0 Å². The van der Waals surface area contributed by atoms with Crippen molar-refractivity contribution in [1.29, 1.82) is 0 Å². The number of urea groups is 1. The number of amides is 2. The van der Waals surface area contributed by atoms with E-state index in [1.54, 1.807) is 6.08 Å². The van der Waals surface area contributed by atoms with Crippen LogP contribution in [0.25, 0.3) is 0 Å². The number of nitrogens with one attached hydrogen (secondary N) is 1. The maximum Gasteiger partial charge on any atom is 0.332 e. The summed E-state index contributed by atoms with van der Waals surface area (Å²) in [4.78, 5) is 39.0. The molecule has 2 fully saturated rings. The van der Waals surface area contributed by atoms with E-state index in [1.807, 2.05) is 13.8 Å². The first-order chi connectivity index (χ1) is 18.3. The van der Waals surface area contributed by atoms with E-state index in [2.05, 4.69) is 52.1 Å². The quantitative estimate of drug-likeness (QED) is 0.307. The fourth-order valence-electron chi connectivity index (χ4n) is 7.19. The summed E-state index contributed by atoms with van der Waals surface area (Å²) in [5.74, 6) is -0.198. The second kappa shape index (κ2) is 13.3. The van der Waals surface area contributed by atoms with Crippen molar-refractivity contribution in [1.82, 2.24) is 5.43 Å². The Labute approximate surface area is 234 Å². The molecule has 0 aromatic heterocycles. The van der Waals surface area contributed by atoms with Gasteiger partial charge >= 0.3 is 18.0 Å². The molecule has 220 valence electrons. The third-order valence-electron chi connectivity index (χ3n) is 9.50. The van der Waals surface area contributed by atoms with Gasteiger partial charge in [-0.05, 0) is 80.1 Å². The minimum atomic E-state index is -0.825. The van der Waals surface area contributed by atoms with Crippen molar-refractivity contribution in [3.05, 3.63) is 11.6 Å².